The van der Waals surface area contributed by atoms with Gasteiger partial charge in [-0.1, -0.05) is 29.8 Å². The van der Waals surface area contributed by atoms with E-state index in [1.54, 1.807) is 13.0 Å². The van der Waals surface area contributed by atoms with Gasteiger partial charge in [-0.25, -0.2) is 9.78 Å². The van der Waals surface area contributed by atoms with Gasteiger partial charge in [-0.3, -0.25) is 4.90 Å². The molecule has 1 fully saturated rings. The Labute approximate surface area is 190 Å². The zero-order valence-corrected chi connectivity index (χ0v) is 18.7. The molecule has 0 spiro atoms. The molecule has 1 aromatic heterocycles. The van der Waals surface area contributed by atoms with Crippen molar-refractivity contribution in [1.29, 1.82) is 0 Å². The van der Waals surface area contributed by atoms with Crippen molar-refractivity contribution < 1.29 is 22.7 Å². The van der Waals surface area contributed by atoms with E-state index in [4.69, 9.17) is 9.72 Å². The number of halogens is 3. The molecular formula is C25H26F3N3O2. The number of aryl methyl sites for hydroxylation is 1. The molecule has 4 rings (SSSR count). The first-order valence-corrected chi connectivity index (χ1v) is 10.9. The van der Waals surface area contributed by atoms with Crippen molar-refractivity contribution in [2.45, 2.75) is 39.0 Å². The van der Waals surface area contributed by atoms with Gasteiger partial charge < -0.3 is 9.64 Å². The maximum atomic E-state index is 13.3. The number of rotatable bonds is 5. The number of carbonyl (C=O) groups excluding carboxylic acids is 1. The number of amides is 1. The zero-order chi connectivity index (χ0) is 23.6. The Balaban J connectivity index is 1.70. The fourth-order valence-electron chi connectivity index (χ4n) is 4.33. The number of ether oxygens (including phenoxy) is 1. The van der Waals surface area contributed by atoms with Crippen molar-refractivity contribution in [3.8, 4) is 0 Å². The van der Waals surface area contributed by atoms with Crippen LogP contribution in [0.3, 0.4) is 0 Å². The standard InChI is InChI=1S/C25H26F3N3O2/c1-17-11-18(13-21(12-17)25(26,27)28)15-31(24(32)33-2)16-20-14-19-7-3-4-8-22(19)29-23(20)30-9-5-6-10-30/h3-4,7-8,11-14H,5-6,9-10,15-16H2,1-2H3. The molecule has 2 heterocycles. The molecule has 1 saturated heterocycles. The highest BCUT2D eigenvalue weighted by Crippen LogP contribution is 2.32. The molecule has 174 valence electrons. The summed E-state index contributed by atoms with van der Waals surface area (Å²) >= 11 is 0. The number of hydrogen-bond donors (Lipinski definition) is 0. The molecule has 0 bridgehead atoms. The minimum absolute atomic E-state index is 0.0102. The monoisotopic (exact) mass is 457 g/mol. The third kappa shape index (κ3) is 5.21. The summed E-state index contributed by atoms with van der Waals surface area (Å²) in [7, 11) is 1.27. The molecule has 0 aliphatic carbocycles. The minimum Gasteiger partial charge on any atom is -0.453 e. The van der Waals surface area contributed by atoms with E-state index in [-0.39, 0.29) is 13.1 Å². The average Bonchev–Trinajstić information content (AvgIpc) is 3.31. The predicted molar refractivity (Wildman–Crippen MR) is 121 cm³/mol. The van der Waals surface area contributed by atoms with E-state index in [1.165, 1.54) is 12.0 Å². The predicted octanol–water partition coefficient (Wildman–Crippen LogP) is 5.93. The fourth-order valence-corrected chi connectivity index (χ4v) is 4.33. The number of benzene rings is 2. The number of aromatic nitrogens is 1. The van der Waals surface area contributed by atoms with Crippen LogP contribution < -0.4 is 4.90 Å². The normalized spacial score (nSPS) is 14.0. The quantitative estimate of drug-likeness (QED) is 0.476. The summed E-state index contributed by atoms with van der Waals surface area (Å²) in [6.07, 6.45) is -2.93. The Morgan fingerprint density at radius 3 is 2.52 bits per heavy atom. The van der Waals surface area contributed by atoms with Crippen LogP contribution in [-0.4, -0.2) is 36.2 Å². The van der Waals surface area contributed by atoms with Crippen LogP contribution in [0.25, 0.3) is 10.9 Å². The Kier molecular flexibility index (Phi) is 6.44. The summed E-state index contributed by atoms with van der Waals surface area (Å²) in [5.41, 5.74) is 1.84. The van der Waals surface area contributed by atoms with Crippen LogP contribution >= 0.6 is 0 Å². The number of hydrogen-bond acceptors (Lipinski definition) is 4. The highest BCUT2D eigenvalue weighted by atomic mass is 19.4. The number of alkyl halides is 3. The largest absolute Gasteiger partial charge is 0.453 e. The molecule has 33 heavy (non-hydrogen) atoms. The van der Waals surface area contributed by atoms with Gasteiger partial charge >= 0.3 is 12.3 Å². The Morgan fingerprint density at radius 2 is 1.82 bits per heavy atom. The van der Waals surface area contributed by atoms with Crippen LogP contribution in [0.2, 0.25) is 0 Å². The molecule has 2 aromatic carbocycles. The van der Waals surface area contributed by atoms with Gasteiger partial charge in [0.2, 0.25) is 0 Å². The lowest BCUT2D eigenvalue weighted by atomic mass is 10.1. The number of carbonyl (C=O) groups is 1. The maximum Gasteiger partial charge on any atom is 0.416 e. The second-order valence-electron chi connectivity index (χ2n) is 8.39. The molecular weight excluding hydrogens is 431 g/mol. The first-order chi connectivity index (χ1) is 15.7. The SMILES string of the molecule is COC(=O)N(Cc1cc(C)cc(C(F)(F)F)c1)Cc1cc2ccccc2nc1N1CCCC1. The maximum absolute atomic E-state index is 13.3. The Morgan fingerprint density at radius 1 is 1.09 bits per heavy atom. The van der Waals surface area contributed by atoms with E-state index < -0.39 is 17.8 Å². The lowest BCUT2D eigenvalue weighted by molar-refractivity contribution is -0.137. The zero-order valence-electron chi connectivity index (χ0n) is 18.7. The van der Waals surface area contributed by atoms with E-state index in [0.717, 1.165) is 60.3 Å². The van der Waals surface area contributed by atoms with Gasteiger partial charge in [-0.05, 0) is 49.6 Å². The van der Waals surface area contributed by atoms with Crippen molar-refractivity contribution >= 4 is 22.8 Å². The number of fused-ring (bicyclic) bond motifs is 1. The molecule has 1 aliphatic rings. The summed E-state index contributed by atoms with van der Waals surface area (Å²) in [6, 6.07) is 13.6. The van der Waals surface area contributed by atoms with Crippen LogP contribution in [0.5, 0.6) is 0 Å². The molecule has 1 amide bonds. The smallest absolute Gasteiger partial charge is 0.416 e. The highest BCUT2D eigenvalue weighted by Gasteiger charge is 2.31. The van der Waals surface area contributed by atoms with Crippen LogP contribution in [-0.2, 0) is 24.0 Å². The van der Waals surface area contributed by atoms with Crippen molar-refractivity contribution in [3.63, 3.8) is 0 Å². The number of pyridine rings is 1. The van der Waals surface area contributed by atoms with Gasteiger partial charge in [0, 0.05) is 30.6 Å². The first kappa shape index (κ1) is 22.9. The molecule has 8 heteroatoms. The van der Waals surface area contributed by atoms with E-state index in [2.05, 4.69) is 4.90 Å². The van der Waals surface area contributed by atoms with Gasteiger partial charge in [-0.15, -0.1) is 0 Å². The van der Waals surface area contributed by atoms with Crippen LogP contribution in [0.4, 0.5) is 23.8 Å². The van der Waals surface area contributed by atoms with Gasteiger partial charge in [0.1, 0.15) is 5.82 Å². The van der Waals surface area contributed by atoms with E-state index in [9.17, 15) is 18.0 Å². The van der Waals surface area contributed by atoms with Gasteiger partial charge in [-0.2, -0.15) is 13.2 Å². The number of methoxy groups -OCH3 is 1. The van der Waals surface area contributed by atoms with Gasteiger partial charge in [0.05, 0.1) is 24.7 Å². The molecule has 0 N–H and O–H groups in total. The van der Waals surface area contributed by atoms with Gasteiger partial charge in [0.15, 0.2) is 0 Å². The molecule has 1 aliphatic heterocycles. The van der Waals surface area contributed by atoms with Crippen molar-refractivity contribution in [1.82, 2.24) is 9.88 Å². The Hall–Kier alpha value is -3.29. The molecule has 0 radical (unpaired) electrons. The lowest BCUT2D eigenvalue weighted by Gasteiger charge is -2.26. The summed E-state index contributed by atoms with van der Waals surface area (Å²) in [4.78, 5) is 21.1. The average molecular weight is 457 g/mol. The number of anilines is 1. The Bertz CT molecular complexity index is 1160. The molecule has 0 saturated carbocycles. The lowest BCUT2D eigenvalue weighted by Crippen LogP contribution is -2.31. The summed E-state index contributed by atoms with van der Waals surface area (Å²) in [6.45, 7) is 3.53. The highest BCUT2D eigenvalue weighted by molar-refractivity contribution is 5.82. The summed E-state index contributed by atoms with van der Waals surface area (Å²) in [5.74, 6) is 0.806. The molecule has 3 aromatic rings. The van der Waals surface area contributed by atoms with Gasteiger partial charge in [0.25, 0.3) is 0 Å². The molecule has 0 atom stereocenters. The van der Waals surface area contributed by atoms with E-state index >= 15 is 0 Å². The molecule has 5 nitrogen and oxygen atoms in total. The van der Waals surface area contributed by atoms with Crippen molar-refractivity contribution in [3.05, 3.63) is 70.8 Å². The third-order valence-corrected chi connectivity index (χ3v) is 5.82. The first-order valence-electron chi connectivity index (χ1n) is 10.9. The number of nitrogens with zero attached hydrogens (tertiary/aromatic N) is 3. The topological polar surface area (TPSA) is 45.7 Å². The fraction of sp³-hybridized carbons (Fsp3) is 0.360. The van der Waals surface area contributed by atoms with Crippen molar-refractivity contribution in [2.24, 2.45) is 0 Å². The molecule has 0 unspecified atom stereocenters. The second kappa shape index (κ2) is 9.29. The minimum atomic E-state index is -4.46. The third-order valence-electron chi connectivity index (χ3n) is 5.82. The van der Waals surface area contributed by atoms with Crippen LogP contribution in [0, 0.1) is 6.92 Å². The van der Waals surface area contributed by atoms with Crippen molar-refractivity contribution in [2.75, 3.05) is 25.1 Å². The van der Waals surface area contributed by atoms with E-state index in [0.29, 0.717) is 11.1 Å². The van der Waals surface area contributed by atoms with E-state index in [1.807, 2.05) is 30.3 Å². The number of para-hydroxylation sites is 1. The van der Waals surface area contributed by atoms with Crippen LogP contribution in [0.1, 0.15) is 35.1 Å². The second-order valence-corrected chi connectivity index (χ2v) is 8.39. The summed E-state index contributed by atoms with van der Waals surface area (Å²) in [5, 5.41) is 0.940. The summed E-state index contributed by atoms with van der Waals surface area (Å²) < 4.78 is 44.9. The van der Waals surface area contributed by atoms with Crippen LogP contribution in [0.15, 0.2) is 48.5 Å².